The smallest absolute Gasteiger partial charge is 0.125 e. The lowest BCUT2D eigenvalue weighted by Crippen LogP contribution is -2.63. The van der Waals surface area contributed by atoms with Crippen LogP contribution in [-0.4, -0.2) is 18.8 Å². The van der Waals surface area contributed by atoms with Crippen LogP contribution in [0.1, 0.15) is 20.3 Å². The number of halogens is 1. The number of ether oxygens (including phenoxy) is 1. The Hall–Kier alpha value is -1.09. The second-order valence-electron chi connectivity index (χ2n) is 5.70. The van der Waals surface area contributed by atoms with Gasteiger partial charge in [-0.15, -0.1) is 0 Å². The third-order valence-corrected chi connectivity index (χ3v) is 4.25. The van der Waals surface area contributed by atoms with Crippen molar-refractivity contribution in [1.82, 2.24) is 0 Å². The Morgan fingerprint density at radius 2 is 2.24 bits per heavy atom. The summed E-state index contributed by atoms with van der Waals surface area (Å²) in [5.41, 5.74) is 1.00. The molecule has 1 aromatic rings. The van der Waals surface area contributed by atoms with E-state index in [2.05, 4.69) is 19.2 Å². The monoisotopic (exact) mass is 235 g/mol. The van der Waals surface area contributed by atoms with Crippen LogP contribution in [0.15, 0.2) is 24.3 Å². The molecule has 0 spiro atoms. The van der Waals surface area contributed by atoms with Crippen LogP contribution in [0.3, 0.4) is 0 Å². The van der Waals surface area contributed by atoms with Gasteiger partial charge >= 0.3 is 0 Å². The van der Waals surface area contributed by atoms with Crippen LogP contribution in [0, 0.1) is 17.2 Å². The molecule has 3 unspecified atom stereocenters. The minimum atomic E-state index is -0.189. The standard InChI is InChI=1S/C14H18FNO/c1-14(2)12(11-6-7-17-13(11)14)16-10-5-3-4-9(15)8-10/h3-5,8,11-13,16H,6-7H2,1-2H3. The molecule has 2 aliphatic rings. The van der Waals surface area contributed by atoms with Gasteiger partial charge in [0, 0.05) is 29.7 Å². The van der Waals surface area contributed by atoms with Crippen LogP contribution in [0.4, 0.5) is 10.1 Å². The minimum Gasteiger partial charge on any atom is -0.381 e. The van der Waals surface area contributed by atoms with Crippen molar-refractivity contribution in [1.29, 1.82) is 0 Å². The zero-order chi connectivity index (χ0) is 12.0. The second-order valence-corrected chi connectivity index (χ2v) is 5.70. The van der Waals surface area contributed by atoms with Crippen LogP contribution in [0.5, 0.6) is 0 Å². The van der Waals surface area contributed by atoms with Crippen LogP contribution in [0.25, 0.3) is 0 Å². The van der Waals surface area contributed by atoms with Crippen LogP contribution < -0.4 is 5.32 Å². The van der Waals surface area contributed by atoms with Crippen molar-refractivity contribution in [2.75, 3.05) is 11.9 Å². The molecule has 1 aliphatic heterocycles. The SMILES string of the molecule is CC1(C)C(Nc2cccc(F)c2)C2CCOC21. The van der Waals surface area contributed by atoms with Gasteiger partial charge < -0.3 is 10.1 Å². The number of hydrogen-bond acceptors (Lipinski definition) is 2. The fourth-order valence-corrected chi connectivity index (χ4v) is 3.38. The molecule has 3 rings (SSSR count). The highest BCUT2D eigenvalue weighted by Gasteiger charge is 2.59. The van der Waals surface area contributed by atoms with E-state index in [0.29, 0.717) is 18.1 Å². The van der Waals surface area contributed by atoms with Gasteiger partial charge in [-0.2, -0.15) is 0 Å². The van der Waals surface area contributed by atoms with Gasteiger partial charge in [-0.3, -0.25) is 0 Å². The van der Waals surface area contributed by atoms with Crippen molar-refractivity contribution < 1.29 is 9.13 Å². The molecule has 0 amide bonds. The molecule has 17 heavy (non-hydrogen) atoms. The first-order chi connectivity index (χ1) is 8.09. The van der Waals surface area contributed by atoms with Crippen molar-refractivity contribution in [3.05, 3.63) is 30.1 Å². The first-order valence-electron chi connectivity index (χ1n) is 6.23. The number of rotatable bonds is 2. The lowest BCUT2D eigenvalue weighted by molar-refractivity contribution is -0.0923. The van der Waals surface area contributed by atoms with E-state index in [1.165, 1.54) is 6.07 Å². The Balaban J connectivity index is 1.77. The minimum absolute atomic E-state index is 0.132. The summed E-state index contributed by atoms with van der Waals surface area (Å²) in [6, 6.07) is 7.07. The van der Waals surface area contributed by atoms with Gasteiger partial charge in [0.1, 0.15) is 5.82 Å². The average Bonchev–Trinajstić information content (AvgIpc) is 2.72. The lowest BCUT2D eigenvalue weighted by atomic mass is 9.57. The molecular formula is C14H18FNO. The topological polar surface area (TPSA) is 21.3 Å². The Kier molecular flexibility index (Phi) is 2.40. The van der Waals surface area contributed by atoms with Crippen LogP contribution in [-0.2, 0) is 4.74 Å². The molecule has 1 heterocycles. The molecule has 3 heteroatoms. The summed E-state index contributed by atoms with van der Waals surface area (Å²) < 4.78 is 18.9. The summed E-state index contributed by atoms with van der Waals surface area (Å²) >= 11 is 0. The van der Waals surface area contributed by atoms with E-state index in [1.807, 2.05) is 6.07 Å². The summed E-state index contributed by atoms with van der Waals surface area (Å²) in [7, 11) is 0. The number of benzene rings is 1. The van der Waals surface area contributed by atoms with Gasteiger partial charge in [0.05, 0.1) is 6.10 Å². The Labute approximate surface area is 101 Å². The number of hydrogen-bond donors (Lipinski definition) is 1. The summed E-state index contributed by atoms with van der Waals surface area (Å²) in [4.78, 5) is 0. The van der Waals surface area contributed by atoms with Gasteiger partial charge in [-0.25, -0.2) is 4.39 Å². The average molecular weight is 235 g/mol. The van der Waals surface area contributed by atoms with E-state index in [9.17, 15) is 4.39 Å². The molecule has 0 aromatic heterocycles. The molecule has 2 nitrogen and oxygen atoms in total. The molecule has 3 atom stereocenters. The molecule has 1 saturated heterocycles. The predicted molar refractivity (Wildman–Crippen MR) is 65.4 cm³/mol. The van der Waals surface area contributed by atoms with E-state index in [1.54, 1.807) is 12.1 Å². The highest BCUT2D eigenvalue weighted by Crippen LogP contribution is 2.53. The highest BCUT2D eigenvalue weighted by molar-refractivity contribution is 5.46. The van der Waals surface area contributed by atoms with E-state index in [0.717, 1.165) is 18.7 Å². The number of nitrogens with one attached hydrogen (secondary N) is 1. The summed E-state index contributed by atoms with van der Waals surface area (Å²) in [6.45, 7) is 5.30. The van der Waals surface area contributed by atoms with E-state index < -0.39 is 0 Å². The van der Waals surface area contributed by atoms with Crippen molar-refractivity contribution in [2.45, 2.75) is 32.4 Å². The molecular weight excluding hydrogens is 217 g/mol. The summed E-state index contributed by atoms with van der Waals surface area (Å²) in [5.74, 6) is 0.389. The Morgan fingerprint density at radius 1 is 1.41 bits per heavy atom. The van der Waals surface area contributed by atoms with Gasteiger partial charge in [0.25, 0.3) is 0 Å². The van der Waals surface area contributed by atoms with Crippen LogP contribution in [0.2, 0.25) is 0 Å². The third kappa shape index (κ3) is 1.64. The van der Waals surface area contributed by atoms with Crippen molar-refractivity contribution in [3.63, 3.8) is 0 Å². The fraction of sp³-hybridized carbons (Fsp3) is 0.571. The molecule has 1 saturated carbocycles. The number of fused-ring (bicyclic) bond motifs is 1. The van der Waals surface area contributed by atoms with E-state index in [4.69, 9.17) is 4.74 Å². The van der Waals surface area contributed by atoms with Gasteiger partial charge in [-0.05, 0) is 24.6 Å². The van der Waals surface area contributed by atoms with Crippen molar-refractivity contribution in [3.8, 4) is 0 Å². The van der Waals surface area contributed by atoms with Crippen molar-refractivity contribution in [2.24, 2.45) is 11.3 Å². The molecule has 0 radical (unpaired) electrons. The largest absolute Gasteiger partial charge is 0.381 e. The molecule has 92 valence electrons. The quantitative estimate of drug-likeness (QED) is 0.850. The van der Waals surface area contributed by atoms with E-state index in [-0.39, 0.29) is 11.2 Å². The maximum Gasteiger partial charge on any atom is 0.125 e. The van der Waals surface area contributed by atoms with Gasteiger partial charge in [0.15, 0.2) is 0 Å². The normalized spacial score (nSPS) is 33.9. The highest BCUT2D eigenvalue weighted by atomic mass is 19.1. The summed E-state index contributed by atoms with van der Waals surface area (Å²) in [6.07, 6.45) is 1.48. The zero-order valence-corrected chi connectivity index (χ0v) is 10.2. The summed E-state index contributed by atoms with van der Waals surface area (Å²) in [5, 5.41) is 3.46. The van der Waals surface area contributed by atoms with Gasteiger partial charge in [-0.1, -0.05) is 19.9 Å². The zero-order valence-electron chi connectivity index (χ0n) is 10.2. The molecule has 2 fully saturated rings. The first kappa shape index (κ1) is 11.0. The predicted octanol–water partition coefficient (Wildman–Crippen LogP) is 3.05. The van der Waals surface area contributed by atoms with E-state index >= 15 is 0 Å². The molecule has 1 aromatic carbocycles. The maximum atomic E-state index is 13.1. The molecule has 1 aliphatic carbocycles. The third-order valence-electron chi connectivity index (χ3n) is 4.25. The lowest BCUT2D eigenvalue weighted by Gasteiger charge is -2.55. The van der Waals surface area contributed by atoms with Crippen molar-refractivity contribution >= 4 is 5.69 Å². The first-order valence-corrected chi connectivity index (χ1v) is 6.23. The Morgan fingerprint density at radius 3 is 3.00 bits per heavy atom. The molecule has 0 bridgehead atoms. The fourth-order valence-electron chi connectivity index (χ4n) is 3.38. The van der Waals surface area contributed by atoms with Crippen LogP contribution >= 0.6 is 0 Å². The molecule has 1 N–H and O–H groups in total. The van der Waals surface area contributed by atoms with Gasteiger partial charge in [0.2, 0.25) is 0 Å². The maximum absolute atomic E-state index is 13.1. The second kappa shape index (κ2) is 3.70. The Bertz CT molecular complexity index is 432. The number of anilines is 1.